The fourth-order valence-electron chi connectivity index (χ4n) is 3.86. The minimum atomic E-state index is -0.219. The Morgan fingerprint density at radius 2 is 1.24 bits per heavy atom. The Labute approximate surface area is 194 Å². The van der Waals surface area contributed by atoms with Crippen molar-refractivity contribution in [1.82, 2.24) is 0 Å². The molecule has 0 radical (unpaired) electrons. The summed E-state index contributed by atoms with van der Waals surface area (Å²) in [5.41, 5.74) is 5.06. The second-order valence-corrected chi connectivity index (χ2v) is 8.03. The highest BCUT2D eigenvalue weighted by Gasteiger charge is 2.18. The van der Waals surface area contributed by atoms with Gasteiger partial charge in [-0.3, -0.25) is 9.59 Å². The van der Waals surface area contributed by atoms with Crippen molar-refractivity contribution in [2.24, 2.45) is 0 Å². The average molecular weight is 435 g/mol. The lowest BCUT2D eigenvalue weighted by molar-refractivity contribution is -0.116. The molecule has 4 rings (SSSR count). The van der Waals surface area contributed by atoms with Gasteiger partial charge in [-0.2, -0.15) is 0 Å². The zero-order valence-corrected chi connectivity index (χ0v) is 18.5. The van der Waals surface area contributed by atoms with Crippen LogP contribution in [0.2, 0.25) is 0 Å². The third-order valence-electron chi connectivity index (χ3n) is 5.48. The van der Waals surface area contributed by atoms with Crippen LogP contribution in [0.3, 0.4) is 0 Å². The summed E-state index contributed by atoms with van der Waals surface area (Å²) in [4.78, 5) is 25.7. The van der Waals surface area contributed by atoms with Crippen molar-refractivity contribution in [1.29, 1.82) is 0 Å². The summed E-state index contributed by atoms with van der Waals surface area (Å²) < 4.78 is 0. The quantitative estimate of drug-likeness (QED) is 0.353. The van der Waals surface area contributed by atoms with E-state index in [1.165, 1.54) is 0 Å². The Morgan fingerprint density at radius 1 is 0.667 bits per heavy atom. The molecule has 4 aromatic carbocycles. The van der Waals surface area contributed by atoms with Crippen LogP contribution in [-0.2, 0) is 4.79 Å². The van der Waals surface area contributed by atoms with Crippen LogP contribution in [-0.4, -0.2) is 11.8 Å². The van der Waals surface area contributed by atoms with Crippen molar-refractivity contribution in [2.45, 2.75) is 19.3 Å². The lowest BCUT2D eigenvalue weighted by atomic mass is 9.88. The number of carbonyl (C=O) groups excluding carboxylic acids is 2. The molecule has 0 fully saturated rings. The van der Waals surface area contributed by atoms with Crippen LogP contribution >= 0.6 is 0 Å². The standard InChI is InChI=1S/C29H26N2O2/c1-21-10-8-16-25(18-21)31-29(33)24-15-9-17-26(19-24)30-28(32)20-27(22-11-4-2-5-12-22)23-13-6-3-7-14-23/h2-19,27H,20H2,1H3,(H,30,32)(H,31,33). The number of nitrogens with one attached hydrogen (secondary N) is 2. The molecule has 0 bridgehead atoms. The summed E-state index contributed by atoms with van der Waals surface area (Å²) in [7, 11) is 0. The monoisotopic (exact) mass is 434 g/mol. The van der Waals surface area contributed by atoms with Gasteiger partial charge in [-0.05, 0) is 53.9 Å². The first-order chi connectivity index (χ1) is 16.1. The highest BCUT2D eigenvalue weighted by molar-refractivity contribution is 6.05. The van der Waals surface area contributed by atoms with Crippen LogP contribution in [0.25, 0.3) is 0 Å². The number of rotatable bonds is 7. The van der Waals surface area contributed by atoms with E-state index in [4.69, 9.17) is 0 Å². The maximum Gasteiger partial charge on any atom is 0.255 e. The minimum Gasteiger partial charge on any atom is -0.326 e. The first kappa shape index (κ1) is 22.0. The summed E-state index contributed by atoms with van der Waals surface area (Å²) >= 11 is 0. The van der Waals surface area contributed by atoms with Gasteiger partial charge in [-0.15, -0.1) is 0 Å². The predicted octanol–water partition coefficient (Wildman–Crippen LogP) is 6.41. The van der Waals surface area contributed by atoms with Crippen molar-refractivity contribution in [3.8, 4) is 0 Å². The molecule has 4 heteroatoms. The Bertz CT molecular complexity index is 1200. The molecule has 0 spiro atoms. The highest BCUT2D eigenvalue weighted by atomic mass is 16.2. The molecule has 0 aliphatic heterocycles. The second-order valence-electron chi connectivity index (χ2n) is 8.03. The van der Waals surface area contributed by atoms with E-state index in [1.54, 1.807) is 24.3 Å². The number of anilines is 2. The van der Waals surface area contributed by atoms with E-state index in [0.717, 1.165) is 22.4 Å². The van der Waals surface area contributed by atoms with E-state index in [9.17, 15) is 9.59 Å². The van der Waals surface area contributed by atoms with Crippen molar-refractivity contribution in [3.05, 3.63) is 131 Å². The normalized spacial score (nSPS) is 10.6. The zero-order valence-electron chi connectivity index (χ0n) is 18.5. The van der Waals surface area contributed by atoms with Crippen molar-refractivity contribution in [3.63, 3.8) is 0 Å². The van der Waals surface area contributed by atoms with Gasteiger partial charge in [0.05, 0.1) is 0 Å². The van der Waals surface area contributed by atoms with E-state index in [0.29, 0.717) is 17.7 Å². The molecule has 4 nitrogen and oxygen atoms in total. The minimum absolute atomic E-state index is 0.0554. The van der Waals surface area contributed by atoms with Gasteiger partial charge in [0, 0.05) is 29.3 Å². The summed E-state index contributed by atoms with van der Waals surface area (Å²) in [6, 6.07) is 34.7. The third kappa shape index (κ3) is 5.95. The molecule has 164 valence electrons. The lowest BCUT2D eigenvalue weighted by Gasteiger charge is -2.18. The van der Waals surface area contributed by atoms with Gasteiger partial charge in [-0.1, -0.05) is 78.9 Å². The number of carbonyl (C=O) groups is 2. The zero-order chi connectivity index (χ0) is 23.0. The molecular weight excluding hydrogens is 408 g/mol. The topological polar surface area (TPSA) is 58.2 Å². The van der Waals surface area contributed by atoms with Crippen LogP contribution in [0.5, 0.6) is 0 Å². The van der Waals surface area contributed by atoms with E-state index >= 15 is 0 Å². The molecule has 0 saturated heterocycles. The van der Waals surface area contributed by atoms with E-state index in [-0.39, 0.29) is 17.7 Å². The molecular formula is C29H26N2O2. The number of benzene rings is 4. The first-order valence-corrected chi connectivity index (χ1v) is 11.0. The van der Waals surface area contributed by atoms with E-state index in [2.05, 4.69) is 10.6 Å². The molecule has 0 atom stereocenters. The molecule has 4 aromatic rings. The highest BCUT2D eigenvalue weighted by Crippen LogP contribution is 2.28. The first-order valence-electron chi connectivity index (χ1n) is 11.0. The van der Waals surface area contributed by atoms with Crippen LogP contribution in [0.15, 0.2) is 109 Å². The van der Waals surface area contributed by atoms with Gasteiger partial charge in [0.15, 0.2) is 0 Å². The summed E-state index contributed by atoms with van der Waals surface area (Å²) in [6.45, 7) is 1.98. The van der Waals surface area contributed by atoms with Crippen molar-refractivity contribution in [2.75, 3.05) is 10.6 Å². The van der Waals surface area contributed by atoms with E-state index in [1.807, 2.05) is 91.9 Å². The van der Waals surface area contributed by atoms with Crippen LogP contribution in [0, 0.1) is 6.92 Å². The fourth-order valence-corrected chi connectivity index (χ4v) is 3.86. The average Bonchev–Trinajstić information content (AvgIpc) is 2.84. The SMILES string of the molecule is Cc1cccc(NC(=O)c2cccc(NC(=O)CC(c3ccccc3)c3ccccc3)c2)c1. The van der Waals surface area contributed by atoms with Gasteiger partial charge in [-0.25, -0.2) is 0 Å². The largest absolute Gasteiger partial charge is 0.326 e. The maximum absolute atomic E-state index is 13.0. The molecule has 33 heavy (non-hydrogen) atoms. The molecule has 2 N–H and O–H groups in total. The second kappa shape index (κ2) is 10.4. The number of hydrogen-bond acceptors (Lipinski definition) is 2. The van der Waals surface area contributed by atoms with Gasteiger partial charge in [0.25, 0.3) is 5.91 Å². The molecule has 0 unspecified atom stereocenters. The number of amides is 2. The Kier molecular flexibility index (Phi) is 6.96. The molecule has 0 heterocycles. The van der Waals surface area contributed by atoms with Crippen LogP contribution < -0.4 is 10.6 Å². The lowest BCUT2D eigenvalue weighted by Crippen LogP contribution is -2.17. The number of aryl methyl sites for hydroxylation is 1. The van der Waals surface area contributed by atoms with Gasteiger partial charge in [0.1, 0.15) is 0 Å². The van der Waals surface area contributed by atoms with Gasteiger partial charge in [0.2, 0.25) is 5.91 Å². The van der Waals surface area contributed by atoms with Crippen molar-refractivity contribution >= 4 is 23.2 Å². The molecule has 2 amide bonds. The third-order valence-corrected chi connectivity index (χ3v) is 5.48. The van der Waals surface area contributed by atoms with Gasteiger partial charge >= 0.3 is 0 Å². The van der Waals surface area contributed by atoms with Gasteiger partial charge < -0.3 is 10.6 Å². The van der Waals surface area contributed by atoms with E-state index < -0.39 is 0 Å². The predicted molar refractivity (Wildman–Crippen MR) is 134 cm³/mol. The molecule has 0 saturated carbocycles. The Hall–Kier alpha value is -4.18. The van der Waals surface area contributed by atoms with Crippen LogP contribution in [0.4, 0.5) is 11.4 Å². The summed E-state index contributed by atoms with van der Waals surface area (Å²) in [5, 5.41) is 5.86. The molecule has 0 aliphatic carbocycles. The molecule has 0 aliphatic rings. The smallest absolute Gasteiger partial charge is 0.255 e. The fraction of sp³-hybridized carbons (Fsp3) is 0.103. The Balaban J connectivity index is 1.47. The Morgan fingerprint density at radius 3 is 1.85 bits per heavy atom. The van der Waals surface area contributed by atoms with Crippen LogP contribution in [0.1, 0.15) is 39.4 Å². The van der Waals surface area contributed by atoms with Crippen molar-refractivity contribution < 1.29 is 9.59 Å². The maximum atomic E-state index is 13.0. The summed E-state index contributed by atoms with van der Waals surface area (Å²) in [6.07, 6.45) is 0.299. The molecule has 0 aromatic heterocycles. The summed E-state index contributed by atoms with van der Waals surface area (Å²) in [5.74, 6) is -0.382. The number of hydrogen-bond donors (Lipinski definition) is 2.